The number of likely N-dealkylation sites (tertiary alicyclic amines) is 1. The summed E-state index contributed by atoms with van der Waals surface area (Å²) in [6.07, 6.45) is 4.79. The van der Waals surface area contributed by atoms with E-state index in [4.69, 9.17) is 4.74 Å². The minimum atomic E-state index is -0.950. The first-order valence-corrected chi connectivity index (χ1v) is 8.83. The minimum absolute atomic E-state index is 0.222. The molecule has 0 radical (unpaired) electrons. The van der Waals surface area contributed by atoms with E-state index in [1.54, 1.807) is 6.07 Å². The molecule has 0 bridgehead atoms. The molecule has 4 nitrogen and oxygen atoms in total. The number of hydrogen-bond donors (Lipinski definition) is 1. The van der Waals surface area contributed by atoms with Crippen LogP contribution in [0.1, 0.15) is 37.9 Å². The lowest BCUT2D eigenvalue weighted by Gasteiger charge is -2.30. The van der Waals surface area contributed by atoms with Crippen LogP contribution in [0.3, 0.4) is 0 Å². The first-order chi connectivity index (χ1) is 11.7. The van der Waals surface area contributed by atoms with E-state index in [2.05, 4.69) is 14.9 Å². The van der Waals surface area contributed by atoms with Gasteiger partial charge in [0.05, 0.1) is 11.0 Å². The van der Waals surface area contributed by atoms with Gasteiger partial charge in [0, 0.05) is 19.1 Å². The third kappa shape index (κ3) is 3.30. The van der Waals surface area contributed by atoms with Crippen molar-refractivity contribution < 1.29 is 13.5 Å². The van der Waals surface area contributed by atoms with Crippen molar-refractivity contribution in [2.45, 2.75) is 57.0 Å². The SMILES string of the molecule is Fc1ccc2nc(CO[C@H]3CN(C4CCCCC4)C[C@H]3F)[nH]c2c1. The van der Waals surface area contributed by atoms with E-state index in [9.17, 15) is 8.78 Å². The minimum Gasteiger partial charge on any atom is -0.366 e. The van der Waals surface area contributed by atoms with Gasteiger partial charge < -0.3 is 9.72 Å². The third-order valence-corrected chi connectivity index (χ3v) is 5.24. The molecule has 2 atom stereocenters. The van der Waals surface area contributed by atoms with Gasteiger partial charge in [-0.3, -0.25) is 4.90 Å². The summed E-state index contributed by atoms with van der Waals surface area (Å²) in [6.45, 7) is 1.35. The molecule has 24 heavy (non-hydrogen) atoms. The van der Waals surface area contributed by atoms with Crippen LogP contribution in [-0.2, 0) is 11.3 Å². The molecule has 4 rings (SSSR count). The number of H-pyrrole nitrogens is 1. The molecule has 6 heteroatoms. The molecule has 2 fully saturated rings. The van der Waals surface area contributed by atoms with Gasteiger partial charge in [-0.2, -0.15) is 0 Å². The number of benzene rings is 1. The van der Waals surface area contributed by atoms with E-state index in [1.165, 1.54) is 44.2 Å². The number of nitrogens with zero attached hydrogens (tertiary/aromatic N) is 2. The molecule has 0 amide bonds. The fourth-order valence-electron chi connectivity index (χ4n) is 3.95. The lowest BCUT2D eigenvalue weighted by Crippen LogP contribution is -2.35. The second-order valence-electron chi connectivity index (χ2n) is 6.96. The van der Waals surface area contributed by atoms with Gasteiger partial charge in [0.25, 0.3) is 0 Å². The number of imidazole rings is 1. The van der Waals surface area contributed by atoms with Crippen molar-refractivity contribution in [3.05, 3.63) is 29.8 Å². The van der Waals surface area contributed by atoms with Crippen molar-refractivity contribution in [1.29, 1.82) is 0 Å². The molecule has 2 heterocycles. The summed E-state index contributed by atoms with van der Waals surface area (Å²) in [4.78, 5) is 9.66. The highest BCUT2D eigenvalue weighted by molar-refractivity contribution is 5.74. The molecule has 1 N–H and O–H groups in total. The Morgan fingerprint density at radius 2 is 2.04 bits per heavy atom. The Bertz CT molecular complexity index is 699. The smallest absolute Gasteiger partial charge is 0.140 e. The highest BCUT2D eigenvalue weighted by atomic mass is 19.1. The molecule has 1 aromatic heterocycles. The zero-order chi connectivity index (χ0) is 16.5. The Hall–Kier alpha value is -1.53. The van der Waals surface area contributed by atoms with Gasteiger partial charge in [0.15, 0.2) is 0 Å². The maximum atomic E-state index is 14.3. The summed E-state index contributed by atoms with van der Waals surface area (Å²) in [5.41, 5.74) is 1.34. The number of aromatic amines is 1. The number of nitrogens with one attached hydrogen (secondary N) is 1. The van der Waals surface area contributed by atoms with Crippen LogP contribution in [0.5, 0.6) is 0 Å². The highest BCUT2D eigenvalue weighted by Crippen LogP contribution is 2.28. The van der Waals surface area contributed by atoms with Gasteiger partial charge >= 0.3 is 0 Å². The molecular weight excluding hydrogens is 312 g/mol. The van der Waals surface area contributed by atoms with Crippen molar-refractivity contribution >= 4 is 11.0 Å². The molecule has 1 saturated carbocycles. The Labute approximate surface area is 140 Å². The van der Waals surface area contributed by atoms with Gasteiger partial charge in [0.2, 0.25) is 0 Å². The molecule has 1 aliphatic carbocycles. The lowest BCUT2D eigenvalue weighted by atomic mass is 9.94. The number of aromatic nitrogens is 2. The first kappa shape index (κ1) is 16.0. The largest absolute Gasteiger partial charge is 0.366 e. The third-order valence-electron chi connectivity index (χ3n) is 5.24. The second kappa shape index (κ2) is 6.76. The number of halogens is 2. The molecule has 1 aliphatic heterocycles. The quantitative estimate of drug-likeness (QED) is 0.929. The van der Waals surface area contributed by atoms with E-state index in [1.807, 2.05) is 0 Å². The average molecular weight is 335 g/mol. The van der Waals surface area contributed by atoms with Gasteiger partial charge in [-0.05, 0) is 31.0 Å². The molecule has 0 spiro atoms. The Morgan fingerprint density at radius 3 is 2.88 bits per heavy atom. The van der Waals surface area contributed by atoms with Crippen molar-refractivity contribution in [1.82, 2.24) is 14.9 Å². The average Bonchev–Trinajstić information content (AvgIpc) is 3.16. The molecule has 2 aromatic rings. The topological polar surface area (TPSA) is 41.1 Å². The molecule has 1 aromatic carbocycles. The van der Waals surface area contributed by atoms with E-state index in [0.717, 1.165) is 0 Å². The summed E-state index contributed by atoms with van der Waals surface area (Å²) in [7, 11) is 0. The fraction of sp³-hybridized carbons (Fsp3) is 0.611. The predicted molar refractivity (Wildman–Crippen MR) is 88.0 cm³/mol. The van der Waals surface area contributed by atoms with Crippen LogP contribution in [0, 0.1) is 5.82 Å². The predicted octanol–water partition coefficient (Wildman–Crippen LogP) is 3.57. The van der Waals surface area contributed by atoms with Crippen LogP contribution in [0.15, 0.2) is 18.2 Å². The molecule has 0 unspecified atom stereocenters. The van der Waals surface area contributed by atoms with Crippen LogP contribution in [-0.4, -0.2) is 46.3 Å². The number of rotatable bonds is 4. The van der Waals surface area contributed by atoms with E-state index >= 15 is 0 Å². The van der Waals surface area contributed by atoms with Gasteiger partial charge in [0.1, 0.15) is 30.5 Å². The highest BCUT2D eigenvalue weighted by Gasteiger charge is 2.37. The summed E-state index contributed by atoms with van der Waals surface area (Å²) in [6, 6.07) is 4.93. The Morgan fingerprint density at radius 1 is 1.21 bits per heavy atom. The van der Waals surface area contributed by atoms with Gasteiger partial charge in [-0.15, -0.1) is 0 Å². The standard InChI is InChI=1S/C18H23F2N3O/c19-12-6-7-15-16(8-12)22-18(21-15)11-24-17-10-23(9-14(17)20)13-4-2-1-3-5-13/h6-8,13-14,17H,1-5,9-11H2,(H,21,22)/t14-,17+/m1/s1. The van der Waals surface area contributed by atoms with Crippen molar-refractivity contribution in [2.75, 3.05) is 13.1 Å². The van der Waals surface area contributed by atoms with E-state index < -0.39 is 12.3 Å². The maximum Gasteiger partial charge on any atom is 0.140 e. The molecule has 130 valence electrons. The number of fused-ring (bicyclic) bond motifs is 1. The van der Waals surface area contributed by atoms with Crippen molar-refractivity contribution in [2.24, 2.45) is 0 Å². The number of alkyl halides is 1. The summed E-state index contributed by atoms with van der Waals surface area (Å²) in [5, 5.41) is 0. The van der Waals surface area contributed by atoms with E-state index in [0.29, 0.717) is 36.0 Å². The fourth-order valence-corrected chi connectivity index (χ4v) is 3.95. The lowest BCUT2D eigenvalue weighted by molar-refractivity contribution is 0.00726. The molecule has 1 saturated heterocycles. The van der Waals surface area contributed by atoms with Gasteiger partial charge in [-0.1, -0.05) is 19.3 Å². The van der Waals surface area contributed by atoms with Crippen LogP contribution in [0.4, 0.5) is 8.78 Å². The normalized spacial score (nSPS) is 26.4. The van der Waals surface area contributed by atoms with Crippen LogP contribution < -0.4 is 0 Å². The van der Waals surface area contributed by atoms with Crippen LogP contribution in [0.2, 0.25) is 0 Å². The molecule has 2 aliphatic rings. The zero-order valence-corrected chi connectivity index (χ0v) is 13.7. The van der Waals surface area contributed by atoms with E-state index in [-0.39, 0.29) is 12.4 Å². The zero-order valence-electron chi connectivity index (χ0n) is 13.7. The van der Waals surface area contributed by atoms with Crippen LogP contribution >= 0.6 is 0 Å². The van der Waals surface area contributed by atoms with Gasteiger partial charge in [-0.25, -0.2) is 13.8 Å². The van der Waals surface area contributed by atoms with Crippen molar-refractivity contribution in [3.63, 3.8) is 0 Å². The maximum absolute atomic E-state index is 14.3. The first-order valence-electron chi connectivity index (χ1n) is 8.83. The summed E-state index contributed by atoms with van der Waals surface area (Å²) in [5.74, 6) is 0.306. The summed E-state index contributed by atoms with van der Waals surface area (Å²) >= 11 is 0. The monoisotopic (exact) mass is 335 g/mol. The molecular formula is C18H23F2N3O. The van der Waals surface area contributed by atoms with Crippen LogP contribution in [0.25, 0.3) is 11.0 Å². The number of ether oxygens (including phenoxy) is 1. The Kier molecular flexibility index (Phi) is 4.50. The Balaban J connectivity index is 1.36. The number of hydrogen-bond acceptors (Lipinski definition) is 3. The summed E-state index contributed by atoms with van der Waals surface area (Å²) < 4.78 is 33.3. The second-order valence-corrected chi connectivity index (χ2v) is 6.96. The van der Waals surface area contributed by atoms with Crippen molar-refractivity contribution in [3.8, 4) is 0 Å².